The molecule has 0 saturated carbocycles. The summed E-state index contributed by atoms with van der Waals surface area (Å²) < 4.78 is 10.9. The van der Waals surface area contributed by atoms with Crippen molar-refractivity contribution in [3.8, 4) is 11.5 Å². The summed E-state index contributed by atoms with van der Waals surface area (Å²) in [4.78, 5) is 20.5. The van der Waals surface area contributed by atoms with Crippen molar-refractivity contribution in [3.63, 3.8) is 0 Å². The highest BCUT2D eigenvalue weighted by atomic mass is 32.2. The van der Waals surface area contributed by atoms with E-state index in [2.05, 4.69) is 30.6 Å². The molecule has 0 saturated heterocycles. The van der Waals surface area contributed by atoms with Gasteiger partial charge in [-0.3, -0.25) is 9.78 Å². The number of benzene rings is 1. The smallest absolute Gasteiger partial charge is 0.277 e. The van der Waals surface area contributed by atoms with Gasteiger partial charge in [0.05, 0.1) is 5.75 Å². The number of amides is 1. The lowest BCUT2D eigenvalue weighted by molar-refractivity contribution is -0.116. The van der Waals surface area contributed by atoms with E-state index in [4.69, 9.17) is 8.94 Å². The lowest BCUT2D eigenvalue weighted by atomic mass is 10.1. The van der Waals surface area contributed by atoms with Crippen LogP contribution >= 0.6 is 11.8 Å². The molecule has 0 fully saturated rings. The van der Waals surface area contributed by atoms with Gasteiger partial charge in [-0.05, 0) is 37.6 Å². The van der Waals surface area contributed by atoms with Crippen LogP contribution in [0.1, 0.15) is 29.3 Å². The first kappa shape index (κ1) is 20.7. The molecular weight excluding hydrogens is 416 g/mol. The van der Waals surface area contributed by atoms with Gasteiger partial charge in [-0.25, -0.2) is 0 Å². The summed E-state index contributed by atoms with van der Waals surface area (Å²) in [5, 5.41) is 15.3. The van der Waals surface area contributed by atoms with E-state index >= 15 is 0 Å². The molecule has 4 rings (SSSR count). The van der Waals surface area contributed by atoms with Crippen LogP contribution in [-0.2, 0) is 17.0 Å². The van der Waals surface area contributed by atoms with Crippen molar-refractivity contribution in [2.24, 2.45) is 0 Å². The molecule has 4 aromatic rings. The number of rotatable bonds is 8. The Hall–Kier alpha value is -3.53. The number of carbonyl (C=O) groups is 1. The van der Waals surface area contributed by atoms with Crippen molar-refractivity contribution in [2.75, 3.05) is 5.32 Å². The molecule has 3 aromatic heterocycles. The number of hydrogen-bond acceptors (Lipinski definition) is 9. The average Bonchev–Trinajstić information content (AvgIpc) is 3.43. The highest BCUT2D eigenvalue weighted by molar-refractivity contribution is 7.98. The number of hydrogen-bond donors (Lipinski definition) is 1. The van der Waals surface area contributed by atoms with E-state index in [1.165, 1.54) is 11.8 Å². The van der Waals surface area contributed by atoms with E-state index in [1.807, 2.05) is 32.0 Å². The number of nitrogens with one attached hydrogen (secondary N) is 1. The molecule has 158 valence electrons. The number of aryl methyl sites for hydroxylation is 3. The summed E-state index contributed by atoms with van der Waals surface area (Å²) in [6, 6.07) is 9.49. The van der Waals surface area contributed by atoms with Crippen LogP contribution in [0.25, 0.3) is 11.5 Å². The Bertz CT molecular complexity index is 1170. The largest absolute Gasteiger partial charge is 0.411 e. The molecular formula is C21H20N6O3S. The van der Waals surface area contributed by atoms with Gasteiger partial charge in [-0.2, -0.15) is 4.98 Å². The second kappa shape index (κ2) is 9.52. The Morgan fingerprint density at radius 1 is 1.13 bits per heavy atom. The fourth-order valence-corrected chi connectivity index (χ4v) is 3.45. The minimum atomic E-state index is -0.101. The summed E-state index contributed by atoms with van der Waals surface area (Å²) in [5.74, 6) is 1.65. The average molecular weight is 436 g/mol. The minimum Gasteiger partial charge on any atom is -0.411 e. The molecule has 0 aliphatic carbocycles. The third-order valence-corrected chi connectivity index (χ3v) is 5.21. The molecule has 0 aliphatic rings. The van der Waals surface area contributed by atoms with Crippen LogP contribution in [0.4, 0.5) is 5.69 Å². The molecule has 10 heteroatoms. The molecule has 0 bridgehead atoms. The minimum absolute atomic E-state index is 0.101. The quantitative estimate of drug-likeness (QED) is 0.409. The van der Waals surface area contributed by atoms with Gasteiger partial charge < -0.3 is 14.3 Å². The number of thioether (sulfide) groups is 1. The topological polar surface area (TPSA) is 120 Å². The van der Waals surface area contributed by atoms with E-state index in [9.17, 15) is 4.79 Å². The number of carbonyl (C=O) groups excluding carboxylic acids is 1. The normalized spacial score (nSPS) is 10.9. The van der Waals surface area contributed by atoms with Gasteiger partial charge in [0.25, 0.3) is 5.22 Å². The van der Waals surface area contributed by atoms with Crippen molar-refractivity contribution in [2.45, 2.75) is 37.7 Å². The molecule has 31 heavy (non-hydrogen) atoms. The molecule has 3 heterocycles. The van der Waals surface area contributed by atoms with Gasteiger partial charge in [0, 0.05) is 36.5 Å². The van der Waals surface area contributed by atoms with Gasteiger partial charge in [-0.1, -0.05) is 34.6 Å². The third-order valence-electron chi connectivity index (χ3n) is 4.39. The first-order valence-corrected chi connectivity index (χ1v) is 10.6. The fourth-order valence-electron chi connectivity index (χ4n) is 2.84. The molecule has 0 atom stereocenters. The first-order valence-electron chi connectivity index (χ1n) is 9.62. The number of anilines is 1. The maximum atomic E-state index is 12.2. The summed E-state index contributed by atoms with van der Waals surface area (Å²) in [6.07, 6.45) is 3.94. The van der Waals surface area contributed by atoms with E-state index in [1.54, 1.807) is 24.5 Å². The van der Waals surface area contributed by atoms with Gasteiger partial charge in [0.1, 0.15) is 0 Å². The number of pyridine rings is 1. The van der Waals surface area contributed by atoms with Crippen LogP contribution in [0.3, 0.4) is 0 Å². The molecule has 1 amide bonds. The predicted octanol–water partition coefficient (Wildman–Crippen LogP) is 4.00. The molecule has 1 N–H and O–H groups in total. The van der Waals surface area contributed by atoms with E-state index in [0.717, 1.165) is 22.4 Å². The van der Waals surface area contributed by atoms with Crippen LogP contribution < -0.4 is 5.32 Å². The van der Waals surface area contributed by atoms with Crippen molar-refractivity contribution < 1.29 is 13.7 Å². The van der Waals surface area contributed by atoms with E-state index < -0.39 is 0 Å². The highest BCUT2D eigenvalue weighted by Crippen LogP contribution is 2.24. The molecule has 0 aliphatic heterocycles. The van der Waals surface area contributed by atoms with Crippen LogP contribution in [0, 0.1) is 13.8 Å². The van der Waals surface area contributed by atoms with E-state index in [0.29, 0.717) is 35.0 Å². The predicted molar refractivity (Wildman–Crippen MR) is 114 cm³/mol. The Kier molecular flexibility index (Phi) is 6.37. The standard InChI is InChI=1S/C21H20N6O3S/c1-13-3-4-16(14(2)11-13)23-18(28)5-6-19-24-17(27-30-19)12-31-21-26-25-20(29-21)15-7-9-22-10-8-15/h3-4,7-11H,5-6,12H2,1-2H3,(H,23,28). The summed E-state index contributed by atoms with van der Waals surface area (Å²) in [5.41, 5.74) is 3.79. The SMILES string of the molecule is Cc1ccc(NC(=O)CCc2nc(CSc3nnc(-c4ccncc4)o3)no2)c(C)c1. The molecule has 9 nitrogen and oxygen atoms in total. The van der Waals surface area contributed by atoms with Crippen LogP contribution in [0.2, 0.25) is 0 Å². The molecule has 0 unspecified atom stereocenters. The Balaban J connectivity index is 1.26. The fraction of sp³-hybridized carbons (Fsp3) is 0.238. The molecule has 1 aromatic carbocycles. The summed E-state index contributed by atoms with van der Waals surface area (Å²) in [6.45, 7) is 3.98. The van der Waals surface area contributed by atoms with Crippen LogP contribution in [0.5, 0.6) is 0 Å². The zero-order valence-electron chi connectivity index (χ0n) is 17.0. The van der Waals surface area contributed by atoms with Crippen molar-refractivity contribution >= 4 is 23.4 Å². The maximum Gasteiger partial charge on any atom is 0.277 e. The van der Waals surface area contributed by atoms with Gasteiger partial charge in [-0.15, -0.1) is 10.2 Å². The zero-order chi connectivity index (χ0) is 21.6. The van der Waals surface area contributed by atoms with Crippen molar-refractivity contribution in [3.05, 3.63) is 65.6 Å². The number of nitrogens with zero attached hydrogens (tertiary/aromatic N) is 5. The van der Waals surface area contributed by atoms with Crippen LogP contribution in [0.15, 0.2) is 56.9 Å². The highest BCUT2D eigenvalue weighted by Gasteiger charge is 2.13. The van der Waals surface area contributed by atoms with Gasteiger partial charge in [0.15, 0.2) is 5.82 Å². The zero-order valence-corrected chi connectivity index (χ0v) is 17.8. The van der Waals surface area contributed by atoms with Crippen molar-refractivity contribution in [1.82, 2.24) is 25.3 Å². The second-order valence-electron chi connectivity index (χ2n) is 6.87. The first-order chi connectivity index (χ1) is 15.1. The molecule has 0 spiro atoms. The Labute approximate surface area is 182 Å². The summed E-state index contributed by atoms with van der Waals surface area (Å²) >= 11 is 1.31. The maximum absolute atomic E-state index is 12.2. The Morgan fingerprint density at radius 2 is 1.97 bits per heavy atom. The van der Waals surface area contributed by atoms with Crippen molar-refractivity contribution in [1.29, 1.82) is 0 Å². The third kappa shape index (κ3) is 5.54. The van der Waals surface area contributed by atoms with Gasteiger partial charge in [0.2, 0.25) is 17.7 Å². The number of aromatic nitrogens is 5. The molecule has 0 radical (unpaired) electrons. The lowest BCUT2D eigenvalue weighted by Crippen LogP contribution is -2.13. The Morgan fingerprint density at radius 3 is 2.77 bits per heavy atom. The van der Waals surface area contributed by atoms with Crippen LogP contribution in [-0.4, -0.2) is 31.2 Å². The monoisotopic (exact) mass is 436 g/mol. The van der Waals surface area contributed by atoms with E-state index in [-0.39, 0.29) is 12.3 Å². The summed E-state index contributed by atoms with van der Waals surface area (Å²) in [7, 11) is 0. The second-order valence-corrected chi connectivity index (χ2v) is 7.80. The van der Waals surface area contributed by atoms with Gasteiger partial charge >= 0.3 is 0 Å². The lowest BCUT2D eigenvalue weighted by Gasteiger charge is -2.08.